The Bertz CT molecular complexity index is 853. The van der Waals surface area contributed by atoms with E-state index in [1.165, 1.54) is 0 Å². The highest BCUT2D eigenvalue weighted by molar-refractivity contribution is 5.46. The molecule has 4 aromatic rings. The van der Waals surface area contributed by atoms with Crippen LogP contribution in [0.4, 0.5) is 0 Å². The van der Waals surface area contributed by atoms with Crippen molar-refractivity contribution in [3.63, 3.8) is 0 Å². The molecule has 0 saturated heterocycles. The highest BCUT2D eigenvalue weighted by Gasteiger charge is 2.08. The number of pyridine rings is 2. The van der Waals surface area contributed by atoms with Crippen LogP contribution in [0.1, 0.15) is 6.42 Å². The second kappa shape index (κ2) is 6.91. The molecule has 0 bridgehead atoms. The molecule has 0 radical (unpaired) electrons. The normalized spacial score (nSPS) is 10.9. The summed E-state index contributed by atoms with van der Waals surface area (Å²) in [5.74, 6) is 1.02. The van der Waals surface area contributed by atoms with Gasteiger partial charge in [-0.25, -0.2) is 0 Å². The molecule has 0 aromatic carbocycles. The lowest BCUT2D eigenvalue weighted by atomic mass is 10.3. The maximum atomic E-state index is 4.32. The molecule has 0 fully saturated rings. The molecular formula is C15H14N10. The zero-order valence-electron chi connectivity index (χ0n) is 13.2. The van der Waals surface area contributed by atoms with E-state index < -0.39 is 0 Å². The Morgan fingerprint density at radius 1 is 0.680 bits per heavy atom. The number of tetrazole rings is 2. The molecule has 4 rings (SSSR count). The molecule has 0 atom stereocenters. The van der Waals surface area contributed by atoms with Crippen molar-refractivity contribution in [3.05, 3.63) is 48.8 Å². The van der Waals surface area contributed by atoms with Crippen LogP contribution in [0.15, 0.2) is 48.8 Å². The zero-order chi connectivity index (χ0) is 16.9. The van der Waals surface area contributed by atoms with E-state index >= 15 is 0 Å². The van der Waals surface area contributed by atoms with Crippen LogP contribution in [0, 0.1) is 0 Å². The van der Waals surface area contributed by atoms with Gasteiger partial charge in [0.1, 0.15) is 11.4 Å². The van der Waals surface area contributed by atoms with Gasteiger partial charge < -0.3 is 0 Å². The van der Waals surface area contributed by atoms with E-state index in [1.54, 1.807) is 22.0 Å². The minimum atomic E-state index is 0.511. The molecule has 4 aromatic heterocycles. The van der Waals surface area contributed by atoms with Gasteiger partial charge in [-0.3, -0.25) is 9.97 Å². The van der Waals surface area contributed by atoms with Gasteiger partial charge in [0.25, 0.3) is 0 Å². The highest BCUT2D eigenvalue weighted by Crippen LogP contribution is 2.09. The second-order valence-electron chi connectivity index (χ2n) is 5.20. The molecule has 10 nitrogen and oxygen atoms in total. The van der Waals surface area contributed by atoms with Crippen LogP contribution < -0.4 is 0 Å². The molecule has 0 unspecified atom stereocenters. The first-order valence-corrected chi connectivity index (χ1v) is 7.77. The average molecular weight is 334 g/mol. The van der Waals surface area contributed by atoms with Crippen molar-refractivity contribution in [1.82, 2.24) is 50.4 Å². The number of nitrogens with zero attached hydrogens (tertiary/aromatic N) is 10. The molecule has 10 heteroatoms. The van der Waals surface area contributed by atoms with Gasteiger partial charge >= 0.3 is 0 Å². The Morgan fingerprint density at radius 2 is 1.20 bits per heavy atom. The Kier molecular flexibility index (Phi) is 4.14. The lowest BCUT2D eigenvalue weighted by Gasteiger charge is -1.98. The summed E-state index contributed by atoms with van der Waals surface area (Å²) in [5, 5.41) is 24.7. The third-order valence-electron chi connectivity index (χ3n) is 3.41. The van der Waals surface area contributed by atoms with E-state index in [-0.39, 0.29) is 0 Å². The summed E-state index contributed by atoms with van der Waals surface area (Å²) in [6.45, 7) is 1.20. The van der Waals surface area contributed by atoms with Crippen LogP contribution in [-0.4, -0.2) is 50.4 Å². The number of aromatic nitrogens is 10. The van der Waals surface area contributed by atoms with Crippen molar-refractivity contribution < 1.29 is 0 Å². The van der Waals surface area contributed by atoms with E-state index in [0.717, 1.165) is 6.42 Å². The van der Waals surface area contributed by atoms with Gasteiger partial charge in [-0.15, -0.1) is 20.4 Å². The zero-order valence-corrected chi connectivity index (χ0v) is 13.2. The Morgan fingerprint density at radius 3 is 1.64 bits per heavy atom. The van der Waals surface area contributed by atoms with Gasteiger partial charge in [-0.05, 0) is 41.1 Å². The molecule has 25 heavy (non-hydrogen) atoms. The predicted molar refractivity (Wildman–Crippen MR) is 86.7 cm³/mol. The van der Waals surface area contributed by atoms with Crippen molar-refractivity contribution in [1.29, 1.82) is 0 Å². The second-order valence-corrected chi connectivity index (χ2v) is 5.20. The SMILES string of the molecule is c1ccc(-c2nnn(CCCn3nnc(-c4ccccn4)n3)n2)nc1. The van der Waals surface area contributed by atoms with E-state index in [4.69, 9.17) is 0 Å². The molecule has 0 aliphatic rings. The third-order valence-corrected chi connectivity index (χ3v) is 3.41. The largest absolute Gasteiger partial charge is 0.253 e. The van der Waals surface area contributed by atoms with Crippen LogP contribution in [0.25, 0.3) is 23.0 Å². The van der Waals surface area contributed by atoms with Crippen molar-refractivity contribution in [2.45, 2.75) is 19.5 Å². The number of hydrogen-bond donors (Lipinski definition) is 0. The molecule has 0 saturated carbocycles. The number of aryl methyl sites for hydroxylation is 2. The van der Waals surface area contributed by atoms with Crippen LogP contribution in [0.5, 0.6) is 0 Å². The number of hydrogen-bond acceptors (Lipinski definition) is 8. The molecule has 0 aliphatic heterocycles. The fraction of sp³-hybridized carbons (Fsp3) is 0.200. The Labute approximate surface area is 142 Å². The standard InChI is InChI=1S/C15H14N10/c1-3-8-16-12(6-1)14-18-22-24(20-14)10-5-11-25-21-15(19-23-25)13-7-2-4-9-17-13/h1-4,6-9H,5,10-11H2. The summed E-state index contributed by atoms with van der Waals surface area (Å²) in [4.78, 5) is 11.5. The minimum Gasteiger partial charge on any atom is -0.253 e. The lowest BCUT2D eigenvalue weighted by Crippen LogP contribution is -2.09. The Balaban J connectivity index is 1.34. The van der Waals surface area contributed by atoms with Gasteiger partial charge in [0.15, 0.2) is 0 Å². The van der Waals surface area contributed by atoms with Gasteiger partial charge in [-0.2, -0.15) is 9.59 Å². The summed E-state index contributed by atoms with van der Waals surface area (Å²) in [6.07, 6.45) is 4.15. The first-order valence-electron chi connectivity index (χ1n) is 7.77. The summed E-state index contributed by atoms with van der Waals surface area (Å²) in [6, 6.07) is 11.2. The van der Waals surface area contributed by atoms with Crippen molar-refractivity contribution in [2.75, 3.05) is 0 Å². The van der Waals surface area contributed by atoms with Gasteiger partial charge in [-0.1, -0.05) is 12.1 Å². The van der Waals surface area contributed by atoms with Crippen molar-refractivity contribution >= 4 is 0 Å². The maximum absolute atomic E-state index is 4.32. The highest BCUT2D eigenvalue weighted by atomic mass is 15.6. The minimum absolute atomic E-state index is 0.511. The number of rotatable bonds is 6. The summed E-state index contributed by atoms with van der Waals surface area (Å²) in [7, 11) is 0. The molecule has 124 valence electrons. The molecular weight excluding hydrogens is 320 g/mol. The lowest BCUT2D eigenvalue weighted by molar-refractivity contribution is 0.429. The summed E-state index contributed by atoms with van der Waals surface area (Å²) < 4.78 is 0. The first-order chi connectivity index (χ1) is 12.4. The fourth-order valence-corrected chi connectivity index (χ4v) is 2.22. The first kappa shape index (κ1) is 15.0. The summed E-state index contributed by atoms with van der Waals surface area (Å²) in [5.41, 5.74) is 1.40. The van der Waals surface area contributed by atoms with Crippen LogP contribution in [0.3, 0.4) is 0 Å². The summed E-state index contributed by atoms with van der Waals surface area (Å²) >= 11 is 0. The molecule has 0 aliphatic carbocycles. The van der Waals surface area contributed by atoms with Gasteiger partial charge in [0.05, 0.1) is 13.1 Å². The molecule has 0 amide bonds. The van der Waals surface area contributed by atoms with E-state index in [9.17, 15) is 0 Å². The monoisotopic (exact) mass is 334 g/mol. The van der Waals surface area contributed by atoms with E-state index in [1.807, 2.05) is 36.4 Å². The van der Waals surface area contributed by atoms with Crippen LogP contribution in [0.2, 0.25) is 0 Å². The molecule has 4 heterocycles. The molecule has 0 spiro atoms. The molecule has 0 N–H and O–H groups in total. The van der Waals surface area contributed by atoms with Gasteiger partial charge in [0.2, 0.25) is 11.6 Å². The predicted octanol–water partition coefficient (Wildman–Crippen LogP) is 0.874. The Hall–Kier alpha value is -3.56. The van der Waals surface area contributed by atoms with Crippen LogP contribution >= 0.6 is 0 Å². The fourth-order valence-electron chi connectivity index (χ4n) is 2.22. The van der Waals surface area contributed by atoms with Crippen LogP contribution in [-0.2, 0) is 13.1 Å². The maximum Gasteiger partial charge on any atom is 0.223 e. The third kappa shape index (κ3) is 3.52. The van der Waals surface area contributed by atoms with Crippen molar-refractivity contribution in [2.24, 2.45) is 0 Å². The average Bonchev–Trinajstić information content (AvgIpc) is 3.33. The van der Waals surface area contributed by atoms with Crippen molar-refractivity contribution in [3.8, 4) is 23.0 Å². The van der Waals surface area contributed by atoms with E-state index in [2.05, 4.69) is 40.8 Å². The topological polar surface area (TPSA) is 113 Å². The van der Waals surface area contributed by atoms with E-state index in [0.29, 0.717) is 36.1 Å². The quantitative estimate of drug-likeness (QED) is 0.510. The van der Waals surface area contributed by atoms with Gasteiger partial charge in [0, 0.05) is 12.4 Å². The smallest absolute Gasteiger partial charge is 0.223 e.